The van der Waals surface area contributed by atoms with Gasteiger partial charge in [-0.2, -0.15) is 0 Å². The van der Waals surface area contributed by atoms with E-state index in [-0.39, 0.29) is 55.2 Å². The van der Waals surface area contributed by atoms with Crippen LogP contribution in [-0.4, -0.2) is 129 Å². The lowest BCUT2D eigenvalue weighted by molar-refractivity contribution is -0.330. The van der Waals surface area contributed by atoms with Crippen LogP contribution in [0, 0.1) is 41.1 Å². The van der Waals surface area contributed by atoms with Crippen molar-refractivity contribution in [3.63, 3.8) is 0 Å². The zero-order valence-electron chi connectivity index (χ0n) is 31.9. The summed E-state index contributed by atoms with van der Waals surface area (Å²) in [5.74, 6) is 0.173. The van der Waals surface area contributed by atoms with Gasteiger partial charge in [0.05, 0.1) is 48.3 Å². The van der Waals surface area contributed by atoms with Gasteiger partial charge in [0.25, 0.3) is 0 Å². The number of fused-ring (bicyclic) bond motifs is 5. The maximum Gasteiger partial charge on any atom is 0.331 e. The first-order chi connectivity index (χ1) is 25.6. The molecule has 0 spiro atoms. The third kappa shape index (κ3) is 6.81. The molecular formula is C40H61O14. The summed E-state index contributed by atoms with van der Waals surface area (Å²) in [4.78, 5) is 11.9. The van der Waals surface area contributed by atoms with E-state index in [1.165, 1.54) is 6.08 Å². The minimum absolute atomic E-state index is 0.0207. The van der Waals surface area contributed by atoms with E-state index >= 15 is 0 Å². The topological polar surface area (TPSA) is 203 Å². The van der Waals surface area contributed by atoms with Crippen molar-refractivity contribution in [1.82, 2.24) is 0 Å². The van der Waals surface area contributed by atoms with Crippen molar-refractivity contribution in [2.45, 2.75) is 184 Å². The molecule has 3 saturated heterocycles. The summed E-state index contributed by atoms with van der Waals surface area (Å²) in [5.41, 5.74) is -0.687. The molecule has 0 aromatic rings. The first kappa shape index (κ1) is 39.6. The van der Waals surface area contributed by atoms with E-state index in [4.69, 9.17) is 33.2 Å². The molecule has 8 aliphatic rings. The molecule has 14 nitrogen and oxygen atoms in total. The van der Waals surface area contributed by atoms with Crippen LogP contribution in [0.25, 0.3) is 0 Å². The predicted molar refractivity (Wildman–Crippen MR) is 187 cm³/mol. The van der Waals surface area contributed by atoms with Gasteiger partial charge in [-0.3, -0.25) is 0 Å². The molecular weight excluding hydrogens is 704 g/mol. The number of hydrogen-bond donors (Lipinski definition) is 6. The van der Waals surface area contributed by atoms with Crippen molar-refractivity contribution >= 4 is 5.97 Å². The Bertz CT molecular complexity index is 1390. The molecule has 4 aliphatic carbocycles. The lowest BCUT2D eigenvalue weighted by Gasteiger charge is -2.63. The summed E-state index contributed by atoms with van der Waals surface area (Å²) >= 11 is 0. The van der Waals surface area contributed by atoms with Gasteiger partial charge in [0.1, 0.15) is 31.5 Å². The molecule has 4 saturated carbocycles. The molecule has 14 heteroatoms. The molecule has 54 heavy (non-hydrogen) atoms. The van der Waals surface area contributed by atoms with E-state index in [9.17, 15) is 35.4 Å². The zero-order chi connectivity index (χ0) is 38.3. The number of aliphatic hydroxyl groups is 6. The summed E-state index contributed by atoms with van der Waals surface area (Å²) in [6.07, 6.45) is -0.860. The fourth-order valence-corrected chi connectivity index (χ4v) is 12.5. The van der Waals surface area contributed by atoms with Crippen molar-refractivity contribution in [2.24, 2.45) is 34.5 Å². The van der Waals surface area contributed by atoms with E-state index in [1.54, 1.807) is 6.92 Å². The Hall–Kier alpha value is -1.27. The number of carbonyl (C=O) groups excluding carboxylic acids is 1. The maximum absolute atomic E-state index is 12.6. The number of aliphatic hydroxyl groups excluding tert-OH is 5. The van der Waals surface area contributed by atoms with Gasteiger partial charge >= 0.3 is 5.97 Å². The molecule has 0 aromatic carbocycles. The molecule has 0 amide bonds. The number of ether oxygens (including phenoxy) is 7. The largest absolute Gasteiger partial charge is 0.458 e. The predicted octanol–water partition coefficient (Wildman–Crippen LogP) is 1.99. The molecule has 8 rings (SSSR count). The summed E-state index contributed by atoms with van der Waals surface area (Å²) in [5, 5.41) is 65.7. The summed E-state index contributed by atoms with van der Waals surface area (Å²) in [6.45, 7) is 9.43. The van der Waals surface area contributed by atoms with Crippen molar-refractivity contribution in [3.05, 3.63) is 18.3 Å². The summed E-state index contributed by atoms with van der Waals surface area (Å²) in [6, 6.07) is 0. The number of cyclic esters (lactones) is 1. The van der Waals surface area contributed by atoms with Crippen LogP contribution < -0.4 is 0 Å². The van der Waals surface area contributed by atoms with Crippen molar-refractivity contribution < 1.29 is 68.6 Å². The molecule has 305 valence electrons. The van der Waals surface area contributed by atoms with Gasteiger partial charge in [0, 0.05) is 43.1 Å². The Labute approximate surface area is 317 Å². The van der Waals surface area contributed by atoms with Crippen LogP contribution >= 0.6 is 0 Å². The van der Waals surface area contributed by atoms with Crippen molar-refractivity contribution in [3.8, 4) is 0 Å². The van der Waals surface area contributed by atoms with Crippen LogP contribution in [0.2, 0.25) is 0 Å². The first-order valence-electron chi connectivity index (χ1n) is 20.4. The molecule has 6 N–H and O–H groups in total. The Kier molecular flexibility index (Phi) is 10.9. The average molecular weight is 766 g/mol. The van der Waals surface area contributed by atoms with Crippen LogP contribution in [0.4, 0.5) is 0 Å². The highest BCUT2D eigenvalue weighted by molar-refractivity contribution is 5.85. The minimum Gasteiger partial charge on any atom is -0.458 e. The summed E-state index contributed by atoms with van der Waals surface area (Å²) < 4.78 is 41.6. The van der Waals surface area contributed by atoms with Gasteiger partial charge in [-0.15, -0.1) is 0 Å². The van der Waals surface area contributed by atoms with Crippen LogP contribution in [0.5, 0.6) is 0 Å². The average Bonchev–Trinajstić information content (AvgIpc) is 3.61. The highest BCUT2D eigenvalue weighted by atomic mass is 16.7. The lowest BCUT2D eigenvalue weighted by Crippen LogP contribution is -2.62. The number of rotatable bonds is 7. The zero-order valence-corrected chi connectivity index (χ0v) is 31.9. The van der Waals surface area contributed by atoms with Gasteiger partial charge in [-0.1, -0.05) is 13.8 Å². The first-order valence-corrected chi connectivity index (χ1v) is 20.4. The third-order valence-electron chi connectivity index (χ3n) is 15.3. The lowest BCUT2D eigenvalue weighted by atomic mass is 9.43. The van der Waals surface area contributed by atoms with Crippen LogP contribution in [0.15, 0.2) is 11.6 Å². The fourth-order valence-electron chi connectivity index (χ4n) is 12.5. The second-order valence-electron chi connectivity index (χ2n) is 18.3. The second kappa shape index (κ2) is 14.8. The van der Waals surface area contributed by atoms with Gasteiger partial charge < -0.3 is 63.8 Å². The number of hydrogen-bond acceptors (Lipinski definition) is 14. The SMILES string of the molecule is C[C@H]1O[C@@H](O[C@H]2CC[C@@]3(C)[C@H](CC[C@@H]4[C@@H]3CC[C@]3(C)[C@@H](C5=CC(=O)OC5)[C@@H](O)C[C@]43O)C2)C[C@H](O)[C@@H]1O[C@H]1C[C@H](O)[C@H](O[C@H]2C[C@H](O)[C@H](O)[CH]O2)[C@@H](C)O1. The summed E-state index contributed by atoms with van der Waals surface area (Å²) in [7, 11) is 0. The van der Waals surface area contributed by atoms with Crippen LogP contribution in [-0.2, 0) is 38.0 Å². The fraction of sp³-hybridized carbons (Fsp3) is 0.900. The molecule has 20 atom stereocenters. The normalized spacial score (nSPS) is 55.0. The van der Waals surface area contributed by atoms with E-state index in [2.05, 4.69) is 13.8 Å². The Morgan fingerprint density at radius 1 is 0.741 bits per heavy atom. The van der Waals surface area contributed by atoms with Crippen LogP contribution in [0.1, 0.15) is 98.3 Å². The maximum atomic E-state index is 12.6. The van der Waals surface area contributed by atoms with Crippen molar-refractivity contribution in [2.75, 3.05) is 6.61 Å². The highest BCUT2D eigenvalue weighted by Crippen LogP contribution is 2.70. The molecule has 4 aliphatic heterocycles. The highest BCUT2D eigenvalue weighted by Gasteiger charge is 2.70. The van der Waals surface area contributed by atoms with Gasteiger partial charge in [-0.25, -0.2) is 4.79 Å². The van der Waals surface area contributed by atoms with E-state index in [0.29, 0.717) is 18.3 Å². The minimum atomic E-state index is -1.10. The number of carbonyl (C=O) groups is 1. The van der Waals surface area contributed by atoms with Gasteiger partial charge in [0.15, 0.2) is 18.9 Å². The number of esters is 1. The van der Waals surface area contributed by atoms with E-state index < -0.39 is 84.8 Å². The Morgan fingerprint density at radius 3 is 2.02 bits per heavy atom. The molecule has 0 unspecified atom stereocenters. The molecule has 0 aromatic heterocycles. The third-order valence-corrected chi connectivity index (χ3v) is 15.3. The molecule has 1 radical (unpaired) electrons. The molecule has 7 fully saturated rings. The monoisotopic (exact) mass is 765 g/mol. The van der Waals surface area contributed by atoms with Crippen LogP contribution in [0.3, 0.4) is 0 Å². The van der Waals surface area contributed by atoms with E-state index in [1.807, 2.05) is 6.92 Å². The van der Waals surface area contributed by atoms with Gasteiger partial charge in [-0.05, 0) is 87.5 Å². The van der Waals surface area contributed by atoms with Gasteiger partial charge in [0.2, 0.25) is 0 Å². The molecule has 4 heterocycles. The van der Waals surface area contributed by atoms with E-state index in [0.717, 1.165) is 57.1 Å². The Morgan fingerprint density at radius 2 is 1.39 bits per heavy atom. The standard InChI is InChI=1S/C40H61O14/c1-19-36(53-32-13-26(41)30(45)18-49-32)28(43)15-34(51-19)54-37-20(2)50-33(14-27(37)42)52-23-7-9-38(3)22(12-23)5-6-25-24(38)8-10-39(4)35(21-11-31(46)48-17-21)29(44)16-40(25,39)47/h11,18-20,22-30,32-37,41-45,47H,5-10,12-17H2,1-4H3/t19-,20-,22-,23+,24+,25-,26+,27+,28+,29+,30-,32+,33+,34+,35+,36-,37-,38+,39-,40+/m1/s1. The molecule has 0 bridgehead atoms. The second-order valence-corrected chi connectivity index (χ2v) is 18.3. The smallest absolute Gasteiger partial charge is 0.331 e. The van der Waals surface area contributed by atoms with Crippen molar-refractivity contribution in [1.29, 1.82) is 0 Å². The quantitative estimate of drug-likeness (QED) is 0.162. The Balaban J connectivity index is 0.836.